The van der Waals surface area contributed by atoms with Crippen molar-refractivity contribution in [3.05, 3.63) is 113 Å². The first kappa shape index (κ1) is 25.9. The maximum absolute atomic E-state index is 12.1. The number of rotatable bonds is 7. The molecule has 33 heavy (non-hydrogen) atoms. The predicted molar refractivity (Wildman–Crippen MR) is 137 cm³/mol. The molecule has 170 valence electrons. The zero-order chi connectivity index (χ0) is 24.2. The van der Waals surface area contributed by atoms with Crippen molar-refractivity contribution in [1.82, 2.24) is 0 Å². The fourth-order valence-electron chi connectivity index (χ4n) is 2.54. The summed E-state index contributed by atoms with van der Waals surface area (Å²) in [5.41, 5.74) is 1.51. The number of carbonyl (C=O) groups excluding carboxylic acids is 1. The molecule has 1 heterocycles. The molecule has 0 fully saturated rings. The Bertz CT molecular complexity index is 1140. The first-order chi connectivity index (χ1) is 15.9. The van der Waals surface area contributed by atoms with E-state index in [0.717, 1.165) is 0 Å². The summed E-state index contributed by atoms with van der Waals surface area (Å²) < 4.78 is 5.14. The van der Waals surface area contributed by atoms with Crippen LogP contribution in [0, 0.1) is 0 Å². The molecule has 0 atom stereocenters. The molecule has 0 bridgehead atoms. The summed E-state index contributed by atoms with van der Waals surface area (Å²) in [7, 11) is 0. The molecule has 8 heteroatoms. The molecule has 0 saturated heterocycles. The Kier molecular flexibility index (Phi) is 10.4. The summed E-state index contributed by atoms with van der Waals surface area (Å²) in [6.07, 6.45) is 6.31. The summed E-state index contributed by atoms with van der Waals surface area (Å²) >= 11 is 13.1. The van der Waals surface area contributed by atoms with Crippen LogP contribution in [0.4, 0.5) is 10.5 Å². The van der Waals surface area contributed by atoms with Gasteiger partial charge in [0, 0.05) is 21.0 Å². The highest BCUT2D eigenvalue weighted by molar-refractivity contribution is 7.14. The number of carboxylic acid groups (broad SMARTS) is 1. The smallest absolute Gasteiger partial charge is 0.412 e. The van der Waals surface area contributed by atoms with E-state index in [9.17, 15) is 14.7 Å². The first-order valence-corrected chi connectivity index (χ1v) is 11.2. The number of carboxylic acids is 1. The number of nitrogens with one attached hydrogen (secondary N) is 1. The molecular weight excluding hydrogens is 481 g/mol. The molecule has 3 aromatic rings. The lowest BCUT2D eigenvalue weighted by atomic mass is 10.1. The second-order valence-electron chi connectivity index (χ2n) is 6.31. The van der Waals surface area contributed by atoms with Gasteiger partial charge in [-0.15, -0.1) is 11.3 Å². The van der Waals surface area contributed by atoms with E-state index in [1.54, 1.807) is 66.1 Å². The number of thiophene rings is 1. The topological polar surface area (TPSA) is 75.6 Å². The Morgan fingerprint density at radius 3 is 2.24 bits per heavy atom. The lowest BCUT2D eigenvalue weighted by molar-refractivity contribution is 0.0699. The molecule has 2 N–H and O–H groups in total. The van der Waals surface area contributed by atoms with Gasteiger partial charge >= 0.3 is 12.1 Å². The monoisotopic (exact) mass is 501 g/mol. The zero-order valence-corrected chi connectivity index (χ0v) is 19.8. The van der Waals surface area contributed by atoms with Crippen LogP contribution in [0.1, 0.15) is 15.9 Å². The third-order valence-corrected chi connectivity index (χ3v) is 5.70. The highest BCUT2D eigenvalue weighted by Crippen LogP contribution is 2.36. The van der Waals surface area contributed by atoms with Crippen LogP contribution in [-0.4, -0.2) is 17.2 Å². The molecule has 1 aromatic heterocycles. The van der Waals surface area contributed by atoms with Crippen molar-refractivity contribution in [3.63, 3.8) is 0 Å². The molecule has 0 spiro atoms. The average molecular weight is 502 g/mol. The molecule has 0 saturated carbocycles. The minimum absolute atomic E-state index is 0.00276. The van der Waals surface area contributed by atoms with Crippen LogP contribution in [0.3, 0.4) is 0 Å². The van der Waals surface area contributed by atoms with Gasteiger partial charge in [-0.1, -0.05) is 91.0 Å². The molecule has 2 aromatic carbocycles. The second-order valence-corrected chi connectivity index (χ2v) is 8.04. The Hall–Kier alpha value is -3.32. The van der Waals surface area contributed by atoms with Gasteiger partial charge in [-0.05, 0) is 23.8 Å². The number of anilines is 1. The van der Waals surface area contributed by atoms with Crippen LogP contribution in [0.25, 0.3) is 10.4 Å². The maximum Gasteiger partial charge on any atom is 0.412 e. The number of allylic oxidation sites excluding steroid dienone is 4. The van der Waals surface area contributed by atoms with Gasteiger partial charge in [0.1, 0.15) is 12.2 Å². The standard InChI is InChI=1S/C19H13Cl2NO4S.C6H8/c20-13-7-5-11(6-8-13)17-16(18(23)24)15(10-27-17)22-19(25)26-9-12-3-1-2-4-14(12)21;1-3-5-6-4-2/h1-8,10H,9H2,(H,22,25)(H,23,24);3-6H,1-2H2/b;6-5-. The number of benzene rings is 2. The molecule has 0 aliphatic carbocycles. The van der Waals surface area contributed by atoms with Crippen molar-refractivity contribution in [2.45, 2.75) is 6.61 Å². The van der Waals surface area contributed by atoms with Gasteiger partial charge in [0.25, 0.3) is 0 Å². The highest BCUT2D eigenvalue weighted by Gasteiger charge is 2.21. The zero-order valence-electron chi connectivity index (χ0n) is 17.5. The number of halogens is 2. The van der Waals surface area contributed by atoms with E-state index >= 15 is 0 Å². The fourth-order valence-corrected chi connectivity index (χ4v) is 3.85. The summed E-state index contributed by atoms with van der Waals surface area (Å²) in [6.45, 7) is 6.90. The average Bonchev–Trinajstić information content (AvgIpc) is 3.21. The van der Waals surface area contributed by atoms with Crippen molar-refractivity contribution in [2.24, 2.45) is 0 Å². The molecule has 0 aliphatic rings. The summed E-state index contributed by atoms with van der Waals surface area (Å²) in [4.78, 5) is 24.3. The van der Waals surface area contributed by atoms with Gasteiger partial charge < -0.3 is 9.84 Å². The molecule has 5 nitrogen and oxygen atoms in total. The first-order valence-electron chi connectivity index (χ1n) is 9.55. The van der Waals surface area contributed by atoms with Crippen molar-refractivity contribution in [3.8, 4) is 10.4 Å². The maximum atomic E-state index is 12.1. The number of hydrogen-bond donors (Lipinski definition) is 2. The van der Waals surface area contributed by atoms with E-state index in [1.165, 1.54) is 11.3 Å². The van der Waals surface area contributed by atoms with E-state index in [1.807, 2.05) is 12.2 Å². The fraction of sp³-hybridized carbons (Fsp3) is 0.0400. The van der Waals surface area contributed by atoms with Gasteiger partial charge in [-0.2, -0.15) is 0 Å². The van der Waals surface area contributed by atoms with Crippen LogP contribution in [0.5, 0.6) is 0 Å². The van der Waals surface area contributed by atoms with Gasteiger partial charge in [0.2, 0.25) is 0 Å². The van der Waals surface area contributed by atoms with Crippen molar-refractivity contribution in [1.29, 1.82) is 0 Å². The van der Waals surface area contributed by atoms with Gasteiger partial charge in [0.15, 0.2) is 0 Å². The lowest BCUT2D eigenvalue weighted by Gasteiger charge is -2.08. The van der Waals surface area contributed by atoms with E-state index in [0.29, 0.717) is 26.0 Å². The molecule has 0 unspecified atom stereocenters. The van der Waals surface area contributed by atoms with Crippen molar-refractivity contribution in [2.75, 3.05) is 5.32 Å². The predicted octanol–water partition coefficient (Wildman–Crippen LogP) is 8.08. The third-order valence-electron chi connectivity index (χ3n) is 4.05. The molecule has 0 radical (unpaired) electrons. The van der Waals surface area contributed by atoms with Gasteiger partial charge in [0.05, 0.1) is 10.6 Å². The van der Waals surface area contributed by atoms with Crippen LogP contribution in [-0.2, 0) is 11.3 Å². The van der Waals surface area contributed by atoms with E-state index in [2.05, 4.69) is 18.5 Å². The van der Waals surface area contributed by atoms with Crippen molar-refractivity contribution < 1.29 is 19.4 Å². The number of aromatic carboxylic acids is 1. The summed E-state index contributed by atoms with van der Waals surface area (Å²) in [6, 6.07) is 13.8. The second kappa shape index (κ2) is 13.3. The van der Waals surface area contributed by atoms with Crippen LogP contribution < -0.4 is 5.32 Å². The number of ether oxygens (including phenoxy) is 1. The van der Waals surface area contributed by atoms with Crippen molar-refractivity contribution >= 4 is 52.3 Å². The molecular formula is C25H21Cl2NO4S. The Balaban J connectivity index is 0.000000569. The van der Waals surface area contributed by atoms with E-state index < -0.39 is 12.1 Å². The van der Waals surface area contributed by atoms with Crippen LogP contribution in [0.15, 0.2) is 91.4 Å². The largest absolute Gasteiger partial charge is 0.478 e. The molecule has 1 amide bonds. The number of carbonyl (C=O) groups is 2. The molecule has 0 aliphatic heterocycles. The van der Waals surface area contributed by atoms with Gasteiger partial charge in [-0.3, -0.25) is 5.32 Å². The van der Waals surface area contributed by atoms with Gasteiger partial charge in [-0.25, -0.2) is 9.59 Å². The quantitative estimate of drug-likeness (QED) is 0.320. The minimum Gasteiger partial charge on any atom is -0.478 e. The lowest BCUT2D eigenvalue weighted by Crippen LogP contribution is -2.15. The SMILES string of the molecule is C=C/C=C\C=C.O=C(Nc1csc(-c2ccc(Cl)cc2)c1C(=O)O)OCc1ccccc1Cl. The normalized spacial score (nSPS) is 10.1. The number of amides is 1. The highest BCUT2D eigenvalue weighted by atomic mass is 35.5. The Morgan fingerprint density at radius 2 is 1.67 bits per heavy atom. The minimum atomic E-state index is -1.15. The van der Waals surface area contributed by atoms with E-state index in [-0.39, 0.29) is 17.9 Å². The molecule has 3 rings (SSSR count). The number of hydrogen-bond acceptors (Lipinski definition) is 4. The third kappa shape index (κ3) is 7.95. The Labute approximate surface area is 206 Å². The Morgan fingerprint density at radius 1 is 1.03 bits per heavy atom. The van der Waals surface area contributed by atoms with Crippen LogP contribution in [0.2, 0.25) is 10.0 Å². The van der Waals surface area contributed by atoms with Crippen LogP contribution >= 0.6 is 34.5 Å². The summed E-state index contributed by atoms with van der Waals surface area (Å²) in [5.74, 6) is -1.15. The summed E-state index contributed by atoms with van der Waals surface area (Å²) in [5, 5.41) is 14.7. The van der Waals surface area contributed by atoms with E-state index in [4.69, 9.17) is 27.9 Å².